The lowest BCUT2D eigenvalue weighted by Crippen LogP contribution is -2.34. The van der Waals surface area contributed by atoms with Gasteiger partial charge in [-0.25, -0.2) is 8.42 Å². The van der Waals surface area contributed by atoms with E-state index in [1.807, 2.05) is 6.92 Å². The van der Waals surface area contributed by atoms with Crippen LogP contribution in [0.1, 0.15) is 30.1 Å². The number of anilines is 1. The standard InChI is InChI=1S/C19H21F3N2O3S/c1-2-3-12-24(16-9-5-4-6-10-16)28(26,27)17-11-7-8-15(13-17)18(25)23-14-19(20,21)22/h4-11,13H,2-3,12,14H2,1H3,(H,23,25). The number of carbonyl (C=O) groups is 1. The quantitative estimate of drug-likeness (QED) is 0.711. The number of rotatable bonds is 8. The van der Waals surface area contributed by atoms with E-state index in [0.29, 0.717) is 12.1 Å². The monoisotopic (exact) mass is 414 g/mol. The SMILES string of the molecule is CCCCN(c1ccccc1)S(=O)(=O)c1cccc(C(=O)NCC(F)(F)F)c1. The Morgan fingerprint density at radius 3 is 2.36 bits per heavy atom. The maximum absolute atomic E-state index is 13.1. The van der Waals surface area contributed by atoms with Crippen LogP contribution in [0.25, 0.3) is 0 Å². The minimum Gasteiger partial charge on any atom is -0.343 e. The Morgan fingerprint density at radius 1 is 1.07 bits per heavy atom. The van der Waals surface area contributed by atoms with E-state index in [1.165, 1.54) is 22.5 Å². The molecule has 0 aliphatic rings. The van der Waals surface area contributed by atoms with Gasteiger partial charge in [0.1, 0.15) is 6.54 Å². The van der Waals surface area contributed by atoms with Crippen LogP contribution in [0.15, 0.2) is 59.5 Å². The first-order valence-corrected chi connectivity index (χ1v) is 10.1. The summed E-state index contributed by atoms with van der Waals surface area (Å²) in [6.07, 6.45) is -3.15. The molecule has 1 amide bonds. The van der Waals surface area contributed by atoms with Crippen molar-refractivity contribution >= 4 is 21.6 Å². The summed E-state index contributed by atoms with van der Waals surface area (Å²) in [5, 5.41) is 1.74. The Hall–Kier alpha value is -2.55. The number of sulfonamides is 1. The summed E-state index contributed by atoms with van der Waals surface area (Å²) >= 11 is 0. The van der Waals surface area contributed by atoms with E-state index in [0.717, 1.165) is 12.5 Å². The van der Waals surface area contributed by atoms with Crippen LogP contribution in [0.5, 0.6) is 0 Å². The molecule has 1 N–H and O–H groups in total. The summed E-state index contributed by atoms with van der Waals surface area (Å²) in [6.45, 7) is 0.685. The Bertz CT molecular complexity index is 900. The molecule has 0 atom stereocenters. The van der Waals surface area contributed by atoms with E-state index in [9.17, 15) is 26.4 Å². The molecule has 0 aromatic heterocycles. The fraction of sp³-hybridized carbons (Fsp3) is 0.316. The molecule has 2 aromatic carbocycles. The highest BCUT2D eigenvalue weighted by molar-refractivity contribution is 7.92. The number of amides is 1. The number of nitrogens with zero attached hydrogens (tertiary/aromatic N) is 1. The van der Waals surface area contributed by atoms with Crippen LogP contribution < -0.4 is 9.62 Å². The van der Waals surface area contributed by atoms with Gasteiger partial charge in [0.05, 0.1) is 10.6 Å². The smallest absolute Gasteiger partial charge is 0.343 e. The molecule has 0 spiro atoms. The second-order valence-corrected chi connectivity index (χ2v) is 7.95. The van der Waals surface area contributed by atoms with Crippen LogP contribution in [-0.2, 0) is 10.0 Å². The summed E-state index contributed by atoms with van der Waals surface area (Å²) < 4.78 is 64.4. The zero-order chi connectivity index (χ0) is 20.8. The van der Waals surface area contributed by atoms with Crippen molar-refractivity contribution in [2.24, 2.45) is 0 Å². The molecule has 0 aliphatic carbocycles. The molecule has 0 bridgehead atoms. The minimum atomic E-state index is -4.55. The number of hydrogen-bond acceptors (Lipinski definition) is 3. The number of benzene rings is 2. The highest BCUT2D eigenvalue weighted by Crippen LogP contribution is 2.25. The molecular weight excluding hydrogens is 393 g/mol. The van der Waals surface area contributed by atoms with E-state index in [2.05, 4.69) is 0 Å². The van der Waals surface area contributed by atoms with Crippen LogP contribution in [0.4, 0.5) is 18.9 Å². The van der Waals surface area contributed by atoms with E-state index >= 15 is 0 Å². The summed E-state index contributed by atoms with van der Waals surface area (Å²) in [5.74, 6) is -0.991. The first-order valence-electron chi connectivity index (χ1n) is 8.68. The summed E-state index contributed by atoms with van der Waals surface area (Å²) in [4.78, 5) is 11.8. The Morgan fingerprint density at radius 2 is 1.75 bits per heavy atom. The predicted octanol–water partition coefficient (Wildman–Crippen LogP) is 3.97. The van der Waals surface area contributed by atoms with Crippen LogP contribution in [-0.4, -0.2) is 33.6 Å². The van der Waals surface area contributed by atoms with Crippen molar-refractivity contribution in [1.82, 2.24) is 5.32 Å². The number of para-hydroxylation sites is 1. The van der Waals surface area contributed by atoms with Gasteiger partial charge in [0.2, 0.25) is 0 Å². The molecule has 0 saturated heterocycles. The van der Waals surface area contributed by atoms with Crippen molar-refractivity contribution < 1.29 is 26.4 Å². The van der Waals surface area contributed by atoms with Gasteiger partial charge in [-0.2, -0.15) is 13.2 Å². The van der Waals surface area contributed by atoms with Crippen LogP contribution >= 0.6 is 0 Å². The molecule has 0 fully saturated rings. The summed E-state index contributed by atoms with van der Waals surface area (Å²) in [6, 6.07) is 13.5. The molecule has 2 aromatic rings. The molecule has 5 nitrogen and oxygen atoms in total. The first-order chi connectivity index (χ1) is 13.1. The number of hydrogen-bond donors (Lipinski definition) is 1. The average molecular weight is 414 g/mol. The van der Waals surface area contributed by atoms with Crippen LogP contribution in [0.3, 0.4) is 0 Å². The van der Waals surface area contributed by atoms with Crippen molar-refractivity contribution in [2.75, 3.05) is 17.4 Å². The third-order valence-electron chi connectivity index (χ3n) is 3.89. The maximum Gasteiger partial charge on any atom is 0.405 e. The molecule has 9 heteroatoms. The van der Waals surface area contributed by atoms with Gasteiger partial charge in [0, 0.05) is 12.1 Å². The Labute approximate surface area is 162 Å². The molecule has 152 valence electrons. The summed E-state index contributed by atoms with van der Waals surface area (Å²) in [7, 11) is -3.99. The zero-order valence-electron chi connectivity index (χ0n) is 15.2. The Kier molecular flexibility index (Phi) is 7.06. The van der Waals surface area contributed by atoms with Gasteiger partial charge >= 0.3 is 6.18 Å². The van der Waals surface area contributed by atoms with Crippen molar-refractivity contribution in [3.63, 3.8) is 0 Å². The fourth-order valence-electron chi connectivity index (χ4n) is 2.49. The fourth-order valence-corrected chi connectivity index (χ4v) is 4.04. The molecule has 0 heterocycles. The molecule has 2 rings (SSSR count). The van der Waals surface area contributed by atoms with Gasteiger partial charge in [0.25, 0.3) is 15.9 Å². The zero-order valence-corrected chi connectivity index (χ0v) is 16.1. The third kappa shape index (κ3) is 5.72. The van der Waals surface area contributed by atoms with Gasteiger partial charge in [-0.05, 0) is 36.8 Å². The van der Waals surface area contributed by atoms with Gasteiger partial charge in [-0.1, -0.05) is 37.6 Å². The van der Waals surface area contributed by atoms with Gasteiger partial charge in [0.15, 0.2) is 0 Å². The molecule has 0 saturated carbocycles. The lowest BCUT2D eigenvalue weighted by molar-refractivity contribution is -0.123. The normalized spacial score (nSPS) is 11.9. The molecular formula is C19H21F3N2O3S. The minimum absolute atomic E-state index is 0.158. The van der Waals surface area contributed by atoms with Crippen molar-refractivity contribution in [1.29, 1.82) is 0 Å². The second kappa shape index (κ2) is 9.09. The van der Waals surface area contributed by atoms with Crippen LogP contribution in [0.2, 0.25) is 0 Å². The predicted molar refractivity (Wildman–Crippen MR) is 101 cm³/mol. The van der Waals surface area contributed by atoms with E-state index in [-0.39, 0.29) is 17.0 Å². The first kappa shape index (κ1) is 21.7. The maximum atomic E-state index is 13.1. The average Bonchev–Trinajstić information content (AvgIpc) is 2.66. The lowest BCUT2D eigenvalue weighted by Gasteiger charge is -2.24. The third-order valence-corrected chi connectivity index (χ3v) is 5.72. The van der Waals surface area contributed by atoms with Gasteiger partial charge in [-0.3, -0.25) is 9.10 Å². The number of unbranched alkanes of at least 4 members (excludes halogenated alkanes) is 1. The van der Waals surface area contributed by atoms with Gasteiger partial charge < -0.3 is 5.32 Å². The van der Waals surface area contributed by atoms with Crippen LogP contribution in [0, 0.1) is 0 Å². The van der Waals surface area contributed by atoms with Gasteiger partial charge in [-0.15, -0.1) is 0 Å². The number of carbonyl (C=O) groups excluding carboxylic acids is 1. The Balaban J connectivity index is 2.34. The number of halogens is 3. The largest absolute Gasteiger partial charge is 0.405 e. The number of alkyl halides is 3. The second-order valence-electron chi connectivity index (χ2n) is 6.09. The van der Waals surface area contributed by atoms with E-state index in [4.69, 9.17) is 0 Å². The topological polar surface area (TPSA) is 66.5 Å². The summed E-state index contributed by atoms with van der Waals surface area (Å²) in [5.41, 5.74) is 0.316. The lowest BCUT2D eigenvalue weighted by atomic mass is 10.2. The van der Waals surface area contributed by atoms with Crippen molar-refractivity contribution in [2.45, 2.75) is 30.8 Å². The van der Waals surface area contributed by atoms with E-state index in [1.54, 1.807) is 35.6 Å². The van der Waals surface area contributed by atoms with Crippen molar-refractivity contribution in [3.05, 3.63) is 60.2 Å². The van der Waals surface area contributed by atoms with Crippen molar-refractivity contribution in [3.8, 4) is 0 Å². The van der Waals surface area contributed by atoms with E-state index < -0.39 is 28.7 Å². The molecule has 0 radical (unpaired) electrons. The highest BCUT2D eigenvalue weighted by Gasteiger charge is 2.29. The molecule has 28 heavy (non-hydrogen) atoms. The highest BCUT2D eigenvalue weighted by atomic mass is 32.2. The molecule has 0 aliphatic heterocycles. The number of nitrogens with one attached hydrogen (secondary N) is 1. The molecule has 0 unspecified atom stereocenters.